The van der Waals surface area contributed by atoms with Gasteiger partial charge in [-0.15, -0.1) is 0 Å². The van der Waals surface area contributed by atoms with Crippen LogP contribution in [0.4, 0.5) is 4.39 Å². The fourth-order valence-electron chi connectivity index (χ4n) is 2.16. The van der Waals surface area contributed by atoms with Crippen LogP contribution in [0.15, 0.2) is 12.3 Å². The number of nitrogens with zero attached hydrogens (tertiary/aromatic N) is 2. The molecule has 1 aromatic rings. The van der Waals surface area contributed by atoms with Crippen LogP contribution in [0.3, 0.4) is 0 Å². The van der Waals surface area contributed by atoms with Gasteiger partial charge >= 0.3 is 7.12 Å². The largest absolute Gasteiger partial charge is 0.514 e. The van der Waals surface area contributed by atoms with Gasteiger partial charge in [-0.3, -0.25) is 4.68 Å². The molecule has 1 saturated heterocycles. The van der Waals surface area contributed by atoms with E-state index in [1.54, 1.807) is 10.9 Å². The molecule has 6 heteroatoms. The lowest BCUT2D eigenvalue weighted by atomic mass is 9.84. The summed E-state index contributed by atoms with van der Waals surface area (Å²) in [5.41, 5.74) is 0.0374. The zero-order valence-electron chi connectivity index (χ0n) is 11.2. The summed E-state index contributed by atoms with van der Waals surface area (Å²) < 4.78 is 26.8. The van der Waals surface area contributed by atoms with Gasteiger partial charge in [0.05, 0.1) is 22.8 Å². The zero-order valence-corrected chi connectivity index (χ0v) is 11.2. The van der Waals surface area contributed by atoms with Crippen molar-refractivity contribution in [3.8, 4) is 0 Å². The average molecular weight is 252 g/mol. The highest BCUT2D eigenvalue weighted by molar-refractivity contribution is 6.61. The van der Waals surface area contributed by atoms with E-state index in [4.69, 9.17) is 9.31 Å². The van der Waals surface area contributed by atoms with E-state index in [2.05, 4.69) is 5.10 Å². The Kier molecular flexibility index (Phi) is 2.42. The summed E-state index contributed by atoms with van der Waals surface area (Å²) >= 11 is 0. The molecule has 0 unspecified atom stereocenters. The topological polar surface area (TPSA) is 36.3 Å². The van der Waals surface area contributed by atoms with E-state index in [1.807, 2.05) is 33.8 Å². The van der Waals surface area contributed by atoms with Crippen LogP contribution in [0.5, 0.6) is 0 Å². The van der Waals surface area contributed by atoms with Crippen LogP contribution in [0.1, 0.15) is 40.2 Å². The van der Waals surface area contributed by atoms with Crippen molar-refractivity contribution >= 4 is 12.7 Å². The molecule has 2 fully saturated rings. The Labute approximate surface area is 107 Å². The SMILES string of the molecule is CC1(C)OB(c2ccnn2[C@@H]2C[C@H]2F)OC1(C)C. The van der Waals surface area contributed by atoms with Crippen molar-refractivity contribution in [2.45, 2.75) is 57.5 Å². The van der Waals surface area contributed by atoms with Gasteiger partial charge in [0.1, 0.15) is 6.17 Å². The van der Waals surface area contributed by atoms with Gasteiger partial charge in [-0.25, -0.2) is 4.39 Å². The van der Waals surface area contributed by atoms with Crippen molar-refractivity contribution in [2.75, 3.05) is 0 Å². The number of rotatable bonds is 2. The summed E-state index contributed by atoms with van der Waals surface area (Å²) in [5, 5.41) is 4.19. The molecular formula is C12H18BFN2O2. The minimum atomic E-state index is -0.786. The molecule has 4 nitrogen and oxygen atoms in total. The highest BCUT2D eigenvalue weighted by Gasteiger charge is 2.54. The quantitative estimate of drug-likeness (QED) is 0.748. The van der Waals surface area contributed by atoms with Crippen LogP contribution < -0.4 is 5.59 Å². The second-order valence-corrected chi connectivity index (χ2v) is 6.11. The Morgan fingerprint density at radius 2 is 1.89 bits per heavy atom. The maximum Gasteiger partial charge on any atom is 0.514 e. The molecule has 0 N–H and O–H groups in total. The predicted molar refractivity (Wildman–Crippen MR) is 66.5 cm³/mol. The first kappa shape index (κ1) is 12.2. The summed E-state index contributed by atoms with van der Waals surface area (Å²) in [7, 11) is -0.467. The average Bonchev–Trinajstić information content (AvgIpc) is 2.73. The fourth-order valence-corrected chi connectivity index (χ4v) is 2.16. The van der Waals surface area contributed by atoms with E-state index in [9.17, 15) is 4.39 Å². The van der Waals surface area contributed by atoms with Crippen molar-refractivity contribution in [2.24, 2.45) is 0 Å². The predicted octanol–water partition coefficient (Wildman–Crippen LogP) is 1.47. The lowest BCUT2D eigenvalue weighted by molar-refractivity contribution is 0.00578. The van der Waals surface area contributed by atoms with Gasteiger partial charge in [-0.2, -0.15) is 5.10 Å². The number of hydrogen-bond acceptors (Lipinski definition) is 3. The Morgan fingerprint density at radius 3 is 2.39 bits per heavy atom. The standard InChI is InChI=1S/C12H18BFN2O2/c1-11(2)12(3,4)18-13(17-11)10-5-6-15-16(10)9-7-8(9)14/h5-6,8-9H,7H2,1-4H3/t8-,9-/m1/s1. The number of aromatic nitrogens is 2. The lowest BCUT2D eigenvalue weighted by Crippen LogP contribution is -2.41. The third kappa shape index (κ3) is 1.70. The molecule has 0 radical (unpaired) electrons. The summed E-state index contributed by atoms with van der Waals surface area (Å²) in [6.07, 6.45) is 1.42. The van der Waals surface area contributed by atoms with Crippen molar-refractivity contribution in [3.63, 3.8) is 0 Å². The molecule has 0 aromatic carbocycles. The highest BCUT2D eigenvalue weighted by Crippen LogP contribution is 2.39. The minimum Gasteiger partial charge on any atom is -0.398 e. The van der Waals surface area contributed by atoms with Gasteiger partial charge in [0.25, 0.3) is 0 Å². The van der Waals surface area contributed by atoms with E-state index in [1.165, 1.54) is 0 Å². The van der Waals surface area contributed by atoms with E-state index in [0.717, 1.165) is 5.59 Å². The molecule has 2 atom stereocenters. The van der Waals surface area contributed by atoms with Crippen molar-refractivity contribution < 1.29 is 13.7 Å². The Balaban J connectivity index is 1.87. The number of hydrogen-bond donors (Lipinski definition) is 0. The molecule has 2 aliphatic rings. The van der Waals surface area contributed by atoms with Crippen molar-refractivity contribution in [3.05, 3.63) is 12.3 Å². The van der Waals surface area contributed by atoms with E-state index < -0.39 is 13.3 Å². The summed E-state index contributed by atoms with van der Waals surface area (Å²) in [4.78, 5) is 0. The Hall–Kier alpha value is -0.875. The van der Waals surface area contributed by atoms with Crippen molar-refractivity contribution in [1.82, 2.24) is 9.78 Å². The summed E-state index contributed by atoms with van der Waals surface area (Å²) in [6.45, 7) is 8.01. The van der Waals surface area contributed by atoms with Gasteiger partial charge < -0.3 is 9.31 Å². The molecule has 98 valence electrons. The number of alkyl halides is 1. The third-order valence-electron chi connectivity index (χ3n) is 4.19. The fraction of sp³-hybridized carbons (Fsp3) is 0.750. The van der Waals surface area contributed by atoms with E-state index in [-0.39, 0.29) is 17.2 Å². The minimum absolute atomic E-state index is 0.144. The maximum absolute atomic E-state index is 13.2. The smallest absolute Gasteiger partial charge is 0.398 e. The van der Waals surface area contributed by atoms with Gasteiger partial charge in [0.2, 0.25) is 0 Å². The lowest BCUT2D eigenvalue weighted by Gasteiger charge is -2.32. The molecule has 1 saturated carbocycles. The highest BCUT2D eigenvalue weighted by atomic mass is 19.1. The third-order valence-corrected chi connectivity index (χ3v) is 4.19. The van der Waals surface area contributed by atoms with Crippen LogP contribution in [0, 0.1) is 0 Å². The summed E-state index contributed by atoms with van der Waals surface area (Å²) in [6, 6.07) is 1.70. The first-order valence-electron chi connectivity index (χ1n) is 6.35. The van der Waals surface area contributed by atoms with Gasteiger partial charge in [-0.1, -0.05) is 0 Å². The Morgan fingerprint density at radius 1 is 1.33 bits per heavy atom. The second kappa shape index (κ2) is 3.57. The van der Waals surface area contributed by atoms with E-state index in [0.29, 0.717) is 6.42 Å². The molecule has 18 heavy (non-hydrogen) atoms. The molecule has 2 heterocycles. The summed E-state index contributed by atoms with van der Waals surface area (Å²) in [5.74, 6) is 0. The van der Waals surface area contributed by atoms with Crippen molar-refractivity contribution in [1.29, 1.82) is 0 Å². The second-order valence-electron chi connectivity index (χ2n) is 6.11. The molecule has 0 amide bonds. The number of halogens is 1. The normalized spacial score (nSPS) is 32.8. The van der Waals surface area contributed by atoms with Gasteiger partial charge in [0.15, 0.2) is 0 Å². The first-order valence-corrected chi connectivity index (χ1v) is 6.35. The van der Waals surface area contributed by atoms with Crippen LogP contribution in [-0.2, 0) is 9.31 Å². The van der Waals surface area contributed by atoms with Crippen LogP contribution >= 0.6 is 0 Å². The molecule has 1 aromatic heterocycles. The first-order chi connectivity index (χ1) is 8.32. The maximum atomic E-state index is 13.2. The van der Waals surface area contributed by atoms with Crippen LogP contribution in [0.25, 0.3) is 0 Å². The molecular weight excluding hydrogens is 234 g/mol. The molecule has 3 rings (SSSR count). The van der Waals surface area contributed by atoms with Crippen LogP contribution in [-0.4, -0.2) is 34.3 Å². The monoisotopic (exact) mass is 252 g/mol. The van der Waals surface area contributed by atoms with Gasteiger partial charge in [0, 0.05) is 12.6 Å². The molecule has 1 aliphatic carbocycles. The Bertz CT molecular complexity index is 458. The molecule has 1 aliphatic heterocycles. The molecule has 0 spiro atoms. The zero-order chi connectivity index (χ0) is 13.1. The van der Waals surface area contributed by atoms with Gasteiger partial charge in [-0.05, 0) is 33.8 Å². The molecule has 0 bridgehead atoms. The van der Waals surface area contributed by atoms with E-state index >= 15 is 0 Å². The van der Waals surface area contributed by atoms with Crippen LogP contribution in [0.2, 0.25) is 0 Å².